The van der Waals surface area contributed by atoms with Crippen LogP contribution >= 0.6 is 35.0 Å². The zero-order chi connectivity index (χ0) is 16.8. The van der Waals surface area contributed by atoms with E-state index in [-0.39, 0.29) is 10.7 Å². The SMILES string of the molecule is CCCSc1ncc(Cl)c(C(=O)Nc2ccc(OC)c(Cl)c2)n1. The number of halogens is 2. The van der Waals surface area contributed by atoms with Gasteiger partial charge in [-0.2, -0.15) is 0 Å². The summed E-state index contributed by atoms with van der Waals surface area (Å²) < 4.78 is 5.07. The van der Waals surface area contributed by atoms with E-state index in [0.29, 0.717) is 21.6 Å². The van der Waals surface area contributed by atoms with E-state index >= 15 is 0 Å². The lowest BCUT2D eigenvalue weighted by Gasteiger charge is -2.09. The van der Waals surface area contributed by atoms with E-state index in [2.05, 4.69) is 22.2 Å². The van der Waals surface area contributed by atoms with Gasteiger partial charge in [-0.15, -0.1) is 0 Å². The maximum absolute atomic E-state index is 12.4. The van der Waals surface area contributed by atoms with E-state index in [1.807, 2.05) is 0 Å². The van der Waals surface area contributed by atoms with Crippen LogP contribution in [-0.2, 0) is 0 Å². The fourth-order valence-corrected chi connectivity index (χ4v) is 2.81. The summed E-state index contributed by atoms with van der Waals surface area (Å²) in [6.07, 6.45) is 2.42. The van der Waals surface area contributed by atoms with Gasteiger partial charge < -0.3 is 10.1 Å². The largest absolute Gasteiger partial charge is 0.495 e. The summed E-state index contributed by atoms with van der Waals surface area (Å²) in [5, 5.41) is 3.83. The van der Waals surface area contributed by atoms with Gasteiger partial charge in [0.1, 0.15) is 5.75 Å². The van der Waals surface area contributed by atoms with Gasteiger partial charge in [-0.05, 0) is 24.6 Å². The third kappa shape index (κ3) is 4.73. The van der Waals surface area contributed by atoms with Crippen LogP contribution in [0.3, 0.4) is 0 Å². The molecule has 0 atom stereocenters. The molecule has 2 aromatic rings. The molecule has 8 heteroatoms. The van der Waals surface area contributed by atoms with Gasteiger partial charge >= 0.3 is 0 Å². The van der Waals surface area contributed by atoms with Crippen LogP contribution in [0.5, 0.6) is 5.75 Å². The molecule has 2 rings (SSSR count). The van der Waals surface area contributed by atoms with E-state index in [4.69, 9.17) is 27.9 Å². The Morgan fingerprint density at radius 3 is 2.78 bits per heavy atom. The number of carbonyl (C=O) groups is 1. The van der Waals surface area contributed by atoms with Crippen LogP contribution in [0, 0.1) is 0 Å². The molecule has 23 heavy (non-hydrogen) atoms. The van der Waals surface area contributed by atoms with Gasteiger partial charge in [-0.25, -0.2) is 9.97 Å². The standard InChI is InChI=1S/C15H15Cl2N3O2S/c1-3-6-23-15-18-8-11(17)13(20-15)14(21)19-9-4-5-12(22-2)10(16)7-9/h4-5,7-8H,3,6H2,1-2H3,(H,19,21). The predicted octanol–water partition coefficient (Wildman–Crippen LogP) is 4.55. The number of benzene rings is 1. The van der Waals surface area contributed by atoms with E-state index in [0.717, 1.165) is 12.2 Å². The van der Waals surface area contributed by atoms with Crippen molar-refractivity contribution in [1.29, 1.82) is 0 Å². The summed E-state index contributed by atoms with van der Waals surface area (Å²) in [5.41, 5.74) is 0.658. The van der Waals surface area contributed by atoms with E-state index < -0.39 is 5.91 Å². The number of ether oxygens (including phenoxy) is 1. The zero-order valence-corrected chi connectivity index (χ0v) is 14.9. The minimum atomic E-state index is -0.419. The molecule has 5 nitrogen and oxygen atoms in total. The molecule has 1 heterocycles. The summed E-state index contributed by atoms with van der Waals surface area (Å²) in [4.78, 5) is 20.7. The fraction of sp³-hybridized carbons (Fsp3) is 0.267. The molecule has 0 aliphatic rings. The van der Waals surface area contributed by atoms with E-state index in [1.165, 1.54) is 25.1 Å². The second-order valence-electron chi connectivity index (χ2n) is 4.50. The first kappa shape index (κ1) is 17.8. The average Bonchev–Trinajstić information content (AvgIpc) is 2.54. The third-order valence-electron chi connectivity index (χ3n) is 2.78. The quantitative estimate of drug-likeness (QED) is 0.596. The number of hydrogen-bond acceptors (Lipinski definition) is 5. The predicted molar refractivity (Wildman–Crippen MR) is 94.0 cm³/mol. The third-order valence-corrected chi connectivity index (χ3v) is 4.42. The van der Waals surface area contributed by atoms with Crippen molar-refractivity contribution in [1.82, 2.24) is 9.97 Å². The fourth-order valence-electron chi connectivity index (χ4n) is 1.71. The molecule has 0 unspecified atom stereocenters. The highest BCUT2D eigenvalue weighted by atomic mass is 35.5. The monoisotopic (exact) mass is 371 g/mol. The maximum Gasteiger partial charge on any atom is 0.275 e. The van der Waals surface area contributed by atoms with Gasteiger partial charge in [0.05, 0.1) is 23.4 Å². The molecule has 0 fully saturated rings. The Kier molecular flexibility index (Phi) is 6.50. The number of carbonyl (C=O) groups excluding carboxylic acids is 1. The minimum absolute atomic E-state index is 0.132. The first-order chi connectivity index (χ1) is 11.0. The van der Waals surface area contributed by atoms with Gasteiger partial charge in [0.25, 0.3) is 5.91 Å². The highest BCUT2D eigenvalue weighted by molar-refractivity contribution is 7.99. The van der Waals surface area contributed by atoms with Gasteiger partial charge in [-0.3, -0.25) is 4.79 Å². The maximum atomic E-state index is 12.4. The Bertz CT molecular complexity index is 713. The number of methoxy groups -OCH3 is 1. The van der Waals surface area contributed by atoms with Gasteiger partial charge in [0, 0.05) is 11.4 Å². The Morgan fingerprint density at radius 2 is 2.13 bits per heavy atom. The molecule has 1 N–H and O–H groups in total. The number of thioether (sulfide) groups is 1. The smallest absolute Gasteiger partial charge is 0.275 e. The average molecular weight is 372 g/mol. The normalized spacial score (nSPS) is 10.4. The molecule has 1 aromatic heterocycles. The van der Waals surface area contributed by atoms with Crippen LogP contribution in [0.2, 0.25) is 10.0 Å². The zero-order valence-electron chi connectivity index (χ0n) is 12.6. The van der Waals surface area contributed by atoms with Crippen molar-refractivity contribution < 1.29 is 9.53 Å². The summed E-state index contributed by atoms with van der Waals surface area (Å²) in [6, 6.07) is 4.95. The summed E-state index contributed by atoms with van der Waals surface area (Å²) in [5.74, 6) is 0.983. The minimum Gasteiger partial charge on any atom is -0.495 e. The molecule has 0 aliphatic heterocycles. The number of nitrogens with one attached hydrogen (secondary N) is 1. The lowest BCUT2D eigenvalue weighted by molar-refractivity contribution is 0.102. The van der Waals surface area contributed by atoms with Crippen molar-refractivity contribution in [3.63, 3.8) is 0 Å². The number of nitrogens with zero attached hydrogens (tertiary/aromatic N) is 2. The lowest BCUT2D eigenvalue weighted by atomic mass is 10.3. The number of hydrogen-bond donors (Lipinski definition) is 1. The van der Waals surface area contributed by atoms with E-state index in [1.54, 1.807) is 18.2 Å². The van der Waals surface area contributed by atoms with Crippen LogP contribution in [0.4, 0.5) is 5.69 Å². The van der Waals surface area contributed by atoms with Crippen molar-refractivity contribution in [2.45, 2.75) is 18.5 Å². The molecule has 0 aliphatic carbocycles. The molecule has 0 bridgehead atoms. The van der Waals surface area contributed by atoms with Crippen LogP contribution in [0.15, 0.2) is 29.6 Å². The number of aromatic nitrogens is 2. The Balaban J connectivity index is 2.18. The Morgan fingerprint density at radius 1 is 1.35 bits per heavy atom. The summed E-state index contributed by atoms with van der Waals surface area (Å²) in [6.45, 7) is 2.06. The molecule has 0 saturated heterocycles. The van der Waals surface area contributed by atoms with Gasteiger partial charge in [0.15, 0.2) is 10.9 Å². The van der Waals surface area contributed by atoms with Crippen molar-refractivity contribution >= 4 is 46.6 Å². The van der Waals surface area contributed by atoms with E-state index in [9.17, 15) is 4.79 Å². The van der Waals surface area contributed by atoms with Crippen LogP contribution < -0.4 is 10.1 Å². The molecular weight excluding hydrogens is 357 g/mol. The lowest BCUT2D eigenvalue weighted by Crippen LogP contribution is -2.15. The van der Waals surface area contributed by atoms with Crippen LogP contribution in [0.1, 0.15) is 23.8 Å². The topological polar surface area (TPSA) is 64.1 Å². The van der Waals surface area contributed by atoms with Crippen molar-refractivity contribution in [2.24, 2.45) is 0 Å². The molecule has 122 valence electrons. The van der Waals surface area contributed by atoms with Gasteiger partial charge in [-0.1, -0.05) is 41.9 Å². The van der Waals surface area contributed by atoms with Crippen molar-refractivity contribution in [3.8, 4) is 5.75 Å². The Hall–Kier alpha value is -1.50. The highest BCUT2D eigenvalue weighted by Crippen LogP contribution is 2.28. The van der Waals surface area contributed by atoms with Gasteiger partial charge in [0.2, 0.25) is 0 Å². The number of rotatable bonds is 6. The molecule has 1 amide bonds. The molecule has 0 spiro atoms. The second-order valence-corrected chi connectivity index (χ2v) is 6.38. The molecule has 1 aromatic carbocycles. The molecule has 0 radical (unpaired) electrons. The van der Waals surface area contributed by atoms with Crippen LogP contribution in [0.25, 0.3) is 0 Å². The Labute approximate surface area is 148 Å². The molecular formula is C15H15Cl2N3O2S. The first-order valence-corrected chi connectivity index (χ1v) is 8.59. The second kappa shape index (κ2) is 8.38. The highest BCUT2D eigenvalue weighted by Gasteiger charge is 2.15. The molecule has 0 saturated carbocycles. The number of anilines is 1. The van der Waals surface area contributed by atoms with Crippen LogP contribution in [-0.4, -0.2) is 28.7 Å². The summed E-state index contributed by atoms with van der Waals surface area (Å²) >= 11 is 13.5. The van der Waals surface area contributed by atoms with Crippen molar-refractivity contribution in [3.05, 3.63) is 40.1 Å². The first-order valence-electron chi connectivity index (χ1n) is 6.85. The van der Waals surface area contributed by atoms with Crippen molar-refractivity contribution in [2.75, 3.05) is 18.2 Å². The summed E-state index contributed by atoms with van der Waals surface area (Å²) in [7, 11) is 1.52. The number of amides is 1.